The average molecular weight is 222 g/mol. The molecule has 0 amide bonds. The minimum atomic E-state index is 0.740. The van der Waals surface area contributed by atoms with Crippen molar-refractivity contribution in [2.75, 3.05) is 32.2 Å². The fourth-order valence-electron chi connectivity index (χ4n) is 1.39. The minimum absolute atomic E-state index is 0.740. The van der Waals surface area contributed by atoms with Crippen LogP contribution in [0.4, 0.5) is 5.82 Å². The van der Waals surface area contributed by atoms with Crippen molar-refractivity contribution in [1.82, 2.24) is 4.98 Å². The summed E-state index contributed by atoms with van der Waals surface area (Å²) in [5.74, 6) is 2.46. The van der Waals surface area contributed by atoms with E-state index >= 15 is 0 Å². The summed E-state index contributed by atoms with van der Waals surface area (Å²) >= 11 is 0. The van der Waals surface area contributed by atoms with Crippen molar-refractivity contribution in [3.8, 4) is 5.75 Å². The number of nitrogens with zero attached hydrogens (tertiary/aromatic N) is 1. The largest absolute Gasteiger partial charge is 0.495 e. The van der Waals surface area contributed by atoms with E-state index in [1.165, 1.54) is 12.8 Å². The first-order chi connectivity index (χ1) is 7.88. The minimum Gasteiger partial charge on any atom is -0.495 e. The fraction of sp³-hybridized carbons (Fsp3) is 0.583. The molecular weight excluding hydrogens is 204 g/mol. The molecule has 1 aliphatic carbocycles. The molecule has 4 nitrogen and oxygen atoms in total. The summed E-state index contributed by atoms with van der Waals surface area (Å²) < 4.78 is 10.5. The molecule has 0 saturated heterocycles. The molecule has 4 heteroatoms. The van der Waals surface area contributed by atoms with Crippen LogP contribution in [0.15, 0.2) is 18.3 Å². The maximum Gasteiger partial charge on any atom is 0.137 e. The lowest BCUT2D eigenvalue weighted by Crippen LogP contribution is -2.11. The van der Waals surface area contributed by atoms with Crippen molar-refractivity contribution >= 4 is 5.82 Å². The summed E-state index contributed by atoms with van der Waals surface area (Å²) in [4.78, 5) is 4.20. The Balaban J connectivity index is 1.60. The van der Waals surface area contributed by atoms with Gasteiger partial charge in [-0.1, -0.05) is 0 Å². The van der Waals surface area contributed by atoms with Crippen LogP contribution in [-0.4, -0.2) is 31.9 Å². The summed E-state index contributed by atoms with van der Waals surface area (Å²) in [6, 6.07) is 3.79. The topological polar surface area (TPSA) is 43.4 Å². The maximum atomic E-state index is 5.51. The van der Waals surface area contributed by atoms with E-state index in [0.717, 1.165) is 37.2 Å². The second-order valence-electron chi connectivity index (χ2n) is 4.03. The van der Waals surface area contributed by atoms with Crippen LogP contribution in [-0.2, 0) is 4.74 Å². The zero-order valence-electron chi connectivity index (χ0n) is 9.61. The van der Waals surface area contributed by atoms with Crippen LogP contribution in [0.5, 0.6) is 5.75 Å². The summed E-state index contributed by atoms with van der Waals surface area (Å²) in [5.41, 5.74) is 0. The van der Waals surface area contributed by atoms with E-state index < -0.39 is 0 Å². The van der Waals surface area contributed by atoms with Crippen molar-refractivity contribution in [2.24, 2.45) is 5.92 Å². The smallest absolute Gasteiger partial charge is 0.137 e. The molecule has 0 aliphatic heterocycles. The third-order valence-electron chi connectivity index (χ3n) is 2.58. The van der Waals surface area contributed by atoms with Crippen LogP contribution in [0.2, 0.25) is 0 Å². The van der Waals surface area contributed by atoms with Crippen LogP contribution < -0.4 is 10.1 Å². The lowest BCUT2D eigenvalue weighted by Gasteiger charge is -2.06. The van der Waals surface area contributed by atoms with E-state index in [1.54, 1.807) is 13.3 Å². The van der Waals surface area contributed by atoms with Crippen molar-refractivity contribution in [1.29, 1.82) is 0 Å². The van der Waals surface area contributed by atoms with E-state index in [4.69, 9.17) is 9.47 Å². The van der Waals surface area contributed by atoms with Crippen LogP contribution in [0.25, 0.3) is 0 Å². The summed E-state index contributed by atoms with van der Waals surface area (Å²) in [5, 5.41) is 3.20. The number of rotatable bonds is 7. The Bertz CT molecular complexity index is 309. The van der Waals surface area contributed by atoms with Gasteiger partial charge in [0, 0.05) is 13.2 Å². The van der Waals surface area contributed by atoms with Gasteiger partial charge in [0.25, 0.3) is 0 Å². The molecule has 0 bridgehead atoms. The standard InChI is InChI=1S/C12H18N2O2/c1-15-11-4-5-12(14-8-11)13-6-7-16-9-10-2-3-10/h4-5,8,10H,2-3,6-7,9H2,1H3,(H,13,14). The van der Waals surface area contributed by atoms with Gasteiger partial charge < -0.3 is 14.8 Å². The molecule has 1 saturated carbocycles. The highest BCUT2D eigenvalue weighted by molar-refractivity contribution is 5.37. The third kappa shape index (κ3) is 3.70. The van der Waals surface area contributed by atoms with E-state index in [0.29, 0.717) is 0 Å². The number of anilines is 1. The number of methoxy groups -OCH3 is 1. The Morgan fingerprint density at radius 2 is 2.31 bits per heavy atom. The Morgan fingerprint density at radius 3 is 2.94 bits per heavy atom. The molecule has 88 valence electrons. The number of ether oxygens (including phenoxy) is 2. The molecule has 2 rings (SSSR count). The van der Waals surface area contributed by atoms with Crippen LogP contribution in [0.1, 0.15) is 12.8 Å². The van der Waals surface area contributed by atoms with Gasteiger partial charge >= 0.3 is 0 Å². The number of pyridine rings is 1. The van der Waals surface area contributed by atoms with E-state index in [-0.39, 0.29) is 0 Å². The normalized spacial score (nSPS) is 14.8. The van der Waals surface area contributed by atoms with Crippen LogP contribution in [0, 0.1) is 5.92 Å². The fourth-order valence-corrected chi connectivity index (χ4v) is 1.39. The average Bonchev–Trinajstić information content (AvgIpc) is 3.13. The van der Waals surface area contributed by atoms with Gasteiger partial charge in [-0.05, 0) is 30.9 Å². The van der Waals surface area contributed by atoms with Crippen LogP contribution >= 0.6 is 0 Å². The Labute approximate surface area is 96.0 Å². The zero-order chi connectivity index (χ0) is 11.2. The van der Waals surface area contributed by atoms with Gasteiger partial charge in [-0.25, -0.2) is 4.98 Å². The first-order valence-electron chi connectivity index (χ1n) is 5.70. The molecule has 1 fully saturated rings. The van der Waals surface area contributed by atoms with E-state index in [1.807, 2.05) is 12.1 Å². The molecule has 0 atom stereocenters. The van der Waals surface area contributed by atoms with Crippen molar-refractivity contribution in [3.63, 3.8) is 0 Å². The molecule has 16 heavy (non-hydrogen) atoms. The Morgan fingerprint density at radius 1 is 1.44 bits per heavy atom. The predicted molar refractivity (Wildman–Crippen MR) is 62.8 cm³/mol. The zero-order valence-corrected chi connectivity index (χ0v) is 9.61. The van der Waals surface area contributed by atoms with Gasteiger partial charge in [0.1, 0.15) is 11.6 Å². The summed E-state index contributed by atoms with van der Waals surface area (Å²) in [6.07, 6.45) is 4.38. The third-order valence-corrected chi connectivity index (χ3v) is 2.58. The van der Waals surface area contributed by atoms with Gasteiger partial charge in [0.05, 0.1) is 19.9 Å². The van der Waals surface area contributed by atoms with Gasteiger partial charge in [0.15, 0.2) is 0 Å². The van der Waals surface area contributed by atoms with Gasteiger partial charge in [-0.15, -0.1) is 0 Å². The lowest BCUT2D eigenvalue weighted by atomic mass is 10.4. The highest BCUT2D eigenvalue weighted by Gasteiger charge is 2.20. The molecule has 0 aromatic carbocycles. The number of nitrogens with one attached hydrogen (secondary N) is 1. The lowest BCUT2D eigenvalue weighted by molar-refractivity contribution is 0.134. The Hall–Kier alpha value is -1.29. The molecule has 0 spiro atoms. The van der Waals surface area contributed by atoms with Gasteiger partial charge in [-0.3, -0.25) is 0 Å². The number of hydrogen-bond acceptors (Lipinski definition) is 4. The maximum absolute atomic E-state index is 5.51. The first kappa shape index (κ1) is 11.2. The molecule has 1 aliphatic rings. The number of aromatic nitrogens is 1. The quantitative estimate of drug-likeness (QED) is 0.716. The predicted octanol–water partition coefficient (Wildman–Crippen LogP) is 1.93. The molecular formula is C12H18N2O2. The van der Waals surface area contributed by atoms with Crippen LogP contribution in [0.3, 0.4) is 0 Å². The SMILES string of the molecule is COc1ccc(NCCOCC2CC2)nc1. The highest BCUT2D eigenvalue weighted by Crippen LogP contribution is 2.28. The monoisotopic (exact) mass is 222 g/mol. The molecule has 0 unspecified atom stereocenters. The number of hydrogen-bond donors (Lipinski definition) is 1. The van der Waals surface area contributed by atoms with Crippen molar-refractivity contribution < 1.29 is 9.47 Å². The molecule has 1 aromatic heterocycles. The molecule has 0 radical (unpaired) electrons. The molecule has 1 N–H and O–H groups in total. The second-order valence-corrected chi connectivity index (χ2v) is 4.03. The van der Waals surface area contributed by atoms with E-state index in [9.17, 15) is 0 Å². The summed E-state index contributed by atoms with van der Waals surface area (Å²) in [7, 11) is 1.63. The summed E-state index contributed by atoms with van der Waals surface area (Å²) in [6.45, 7) is 2.45. The highest BCUT2D eigenvalue weighted by atomic mass is 16.5. The molecule has 1 aromatic rings. The van der Waals surface area contributed by atoms with Gasteiger partial charge in [-0.2, -0.15) is 0 Å². The van der Waals surface area contributed by atoms with Crippen molar-refractivity contribution in [3.05, 3.63) is 18.3 Å². The van der Waals surface area contributed by atoms with Crippen molar-refractivity contribution in [2.45, 2.75) is 12.8 Å². The second kappa shape index (κ2) is 5.70. The first-order valence-corrected chi connectivity index (χ1v) is 5.70. The molecule has 1 heterocycles. The van der Waals surface area contributed by atoms with Gasteiger partial charge in [0.2, 0.25) is 0 Å². The van der Waals surface area contributed by atoms with E-state index in [2.05, 4.69) is 10.3 Å². The Kier molecular flexibility index (Phi) is 3.99.